The van der Waals surface area contributed by atoms with Crippen molar-refractivity contribution in [3.8, 4) is 0 Å². The van der Waals surface area contributed by atoms with Gasteiger partial charge in [0.15, 0.2) is 0 Å². The summed E-state index contributed by atoms with van der Waals surface area (Å²) in [6.45, 7) is 1.89. The first kappa shape index (κ1) is 9.03. The molecule has 12 heavy (non-hydrogen) atoms. The molecule has 0 radical (unpaired) electrons. The monoisotopic (exact) mass is 172 g/mol. The molecule has 1 aliphatic carbocycles. The van der Waals surface area contributed by atoms with E-state index in [0.717, 1.165) is 0 Å². The minimum Gasteiger partial charge on any atom is -0.481 e. The van der Waals surface area contributed by atoms with Gasteiger partial charge in [-0.05, 0) is 18.8 Å². The van der Waals surface area contributed by atoms with Crippen LogP contribution in [0.4, 0.5) is 0 Å². The largest absolute Gasteiger partial charge is 0.481 e. The third-order valence-electron chi connectivity index (χ3n) is 2.43. The van der Waals surface area contributed by atoms with Gasteiger partial charge in [0.2, 0.25) is 0 Å². The highest BCUT2D eigenvalue weighted by molar-refractivity contribution is 5.80. The second-order valence-corrected chi connectivity index (χ2v) is 3.47. The Hall–Kier alpha value is -1.06. The van der Waals surface area contributed by atoms with Crippen molar-refractivity contribution in [2.45, 2.75) is 19.8 Å². The predicted octanol–water partition coefficient (Wildman–Crippen LogP) is 0.818. The summed E-state index contributed by atoms with van der Waals surface area (Å²) in [5, 5.41) is 17.4. The van der Waals surface area contributed by atoms with Crippen LogP contribution in [0, 0.1) is 17.8 Å². The second kappa shape index (κ2) is 3.13. The molecule has 0 aromatic heterocycles. The molecule has 0 aliphatic heterocycles. The highest BCUT2D eigenvalue weighted by atomic mass is 16.4. The number of rotatable bonds is 2. The summed E-state index contributed by atoms with van der Waals surface area (Å²) >= 11 is 0. The Morgan fingerprint density at radius 2 is 1.42 bits per heavy atom. The molecule has 0 spiro atoms. The van der Waals surface area contributed by atoms with Crippen LogP contribution >= 0.6 is 0 Å². The molecule has 0 saturated heterocycles. The molecule has 0 aromatic carbocycles. The van der Waals surface area contributed by atoms with Crippen molar-refractivity contribution in [3.05, 3.63) is 0 Å². The van der Waals surface area contributed by atoms with Gasteiger partial charge in [-0.15, -0.1) is 0 Å². The maximum absolute atomic E-state index is 10.6. The van der Waals surface area contributed by atoms with Gasteiger partial charge in [0.1, 0.15) is 0 Å². The molecule has 0 aromatic rings. The maximum atomic E-state index is 10.6. The zero-order valence-corrected chi connectivity index (χ0v) is 6.86. The lowest BCUT2D eigenvalue weighted by Gasteiger charge is -2.08. The topological polar surface area (TPSA) is 74.6 Å². The van der Waals surface area contributed by atoms with Crippen molar-refractivity contribution >= 4 is 11.9 Å². The molecule has 2 N–H and O–H groups in total. The Morgan fingerprint density at radius 3 is 1.67 bits per heavy atom. The normalized spacial score (nSPS) is 30.4. The maximum Gasteiger partial charge on any atom is 0.307 e. The van der Waals surface area contributed by atoms with Crippen LogP contribution < -0.4 is 0 Å². The summed E-state index contributed by atoms with van der Waals surface area (Å²) in [4.78, 5) is 21.2. The van der Waals surface area contributed by atoms with Crippen molar-refractivity contribution in [3.63, 3.8) is 0 Å². The zero-order chi connectivity index (χ0) is 9.30. The van der Waals surface area contributed by atoms with Gasteiger partial charge in [0.25, 0.3) is 0 Å². The van der Waals surface area contributed by atoms with Crippen LogP contribution in [0.25, 0.3) is 0 Å². The van der Waals surface area contributed by atoms with Gasteiger partial charge in [0.05, 0.1) is 11.8 Å². The van der Waals surface area contributed by atoms with E-state index in [1.165, 1.54) is 0 Å². The zero-order valence-electron chi connectivity index (χ0n) is 6.86. The fraction of sp³-hybridized carbons (Fsp3) is 0.750. The second-order valence-electron chi connectivity index (χ2n) is 3.47. The first-order valence-corrected chi connectivity index (χ1v) is 3.98. The molecule has 4 nitrogen and oxygen atoms in total. The Bertz CT molecular complexity index is 189. The van der Waals surface area contributed by atoms with Crippen molar-refractivity contribution in [1.29, 1.82) is 0 Å². The van der Waals surface area contributed by atoms with Crippen molar-refractivity contribution < 1.29 is 19.8 Å². The lowest BCUT2D eigenvalue weighted by atomic mass is 9.97. The molecule has 1 fully saturated rings. The number of carboxylic acid groups (broad SMARTS) is 2. The standard InChI is InChI=1S/C8H12O4/c1-4-2-5(7(9)10)6(3-4)8(11)12/h4-6H,2-3H2,1H3,(H,9,10)(H,11,12)/t5-,6-/m0/s1. The fourth-order valence-electron chi connectivity index (χ4n) is 1.84. The third-order valence-corrected chi connectivity index (χ3v) is 2.43. The van der Waals surface area contributed by atoms with Crippen molar-refractivity contribution in [1.82, 2.24) is 0 Å². The van der Waals surface area contributed by atoms with Crippen LogP contribution in [-0.2, 0) is 9.59 Å². The van der Waals surface area contributed by atoms with Crippen LogP contribution in [0.3, 0.4) is 0 Å². The van der Waals surface area contributed by atoms with E-state index >= 15 is 0 Å². The van der Waals surface area contributed by atoms with Crippen LogP contribution in [0.1, 0.15) is 19.8 Å². The lowest BCUT2D eigenvalue weighted by Crippen LogP contribution is -2.24. The minimum absolute atomic E-state index is 0.215. The van der Waals surface area contributed by atoms with E-state index < -0.39 is 23.8 Å². The lowest BCUT2D eigenvalue weighted by molar-refractivity contribution is -0.152. The van der Waals surface area contributed by atoms with Crippen LogP contribution in [-0.4, -0.2) is 22.2 Å². The number of carboxylic acids is 2. The molecule has 1 rings (SSSR count). The number of hydrogen-bond acceptors (Lipinski definition) is 2. The summed E-state index contributed by atoms with van der Waals surface area (Å²) in [7, 11) is 0. The third kappa shape index (κ3) is 1.57. The summed E-state index contributed by atoms with van der Waals surface area (Å²) in [6.07, 6.45) is 0.985. The average Bonchev–Trinajstić information content (AvgIpc) is 2.31. The molecule has 2 atom stereocenters. The number of aliphatic carboxylic acids is 2. The van der Waals surface area contributed by atoms with E-state index in [2.05, 4.69) is 0 Å². The van der Waals surface area contributed by atoms with Gasteiger partial charge in [-0.2, -0.15) is 0 Å². The molecule has 1 saturated carbocycles. The molecular weight excluding hydrogens is 160 g/mol. The molecule has 0 heterocycles. The summed E-state index contributed by atoms with van der Waals surface area (Å²) < 4.78 is 0. The van der Waals surface area contributed by atoms with E-state index in [1.54, 1.807) is 0 Å². The van der Waals surface area contributed by atoms with Gasteiger partial charge >= 0.3 is 11.9 Å². The summed E-state index contributed by atoms with van der Waals surface area (Å²) in [6, 6.07) is 0. The quantitative estimate of drug-likeness (QED) is 0.646. The molecule has 1 aliphatic rings. The molecule has 0 unspecified atom stereocenters. The molecule has 0 bridgehead atoms. The Labute approximate surface area is 70.2 Å². The Kier molecular flexibility index (Phi) is 2.35. The van der Waals surface area contributed by atoms with Gasteiger partial charge in [-0.25, -0.2) is 0 Å². The smallest absolute Gasteiger partial charge is 0.307 e. The summed E-state index contributed by atoms with van der Waals surface area (Å²) in [5.41, 5.74) is 0. The van der Waals surface area contributed by atoms with E-state index in [9.17, 15) is 9.59 Å². The van der Waals surface area contributed by atoms with Crippen molar-refractivity contribution in [2.75, 3.05) is 0 Å². The molecule has 68 valence electrons. The van der Waals surface area contributed by atoms with E-state index in [4.69, 9.17) is 10.2 Å². The van der Waals surface area contributed by atoms with Crippen LogP contribution in [0.5, 0.6) is 0 Å². The summed E-state index contributed by atoms with van der Waals surface area (Å²) in [5.74, 6) is -3.11. The Balaban J connectivity index is 2.72. The van der Waals surface area contributed by atoms with Gasteiger partial charge in [0, 0.05) is 0 Å². The van der Waals surface area contributed by atoms with E-state index in [0.29, 0.717) is 12.8 Å². The predicted molar refractivity (Wildman–Crippen MR) is 40.6 cm³/mol. The van der Waals surface area contributed by atoms with Gasteiger partial charge in [-0.1, -0.05) is 6.92 Å². The first-order valence-electron chi connectivity index (χ1n) is 3.98. The number of hydrogen-bond donors (Lipinski definition) is 2. The highest BCUT2D eigenvalue weighted by Crippen LogP contribution is 2.36. The van der Waals surface area contributed by atoms with E-state index in [1.807, 2.05) is 6.92 Å². The number of carbonyl (C=O) groups is 2. The average molecular weight is 172 g/mol. The van der Waals surface area contributed by atoms with E-state index in [-0.39, 0.29) is 5.92 Å². The minimum atomic E-state index is -0.980. The molecular formula is C8H12O4. The molecule has 4 heteroatoms. The van der Waals surface area contributed by atoms with Crippen LogP contribution in [0.2, 0.25) is 0 Å². The van der Waals surface area contributed by atoms with Gasteiger partial charge in [-0.3, -0.25) is 9.59 Å². The van der Waals surface area contributed by atoms with Gasteiger partial charge < -0.3 is 10.2 Å². The SMILES string of the molecule is CC1C[C@H](C(=O)O)[C@@H](C(=O)O)C1. The van der Waals surface area contributed by atoms with Crippen molar-refractivity contribution in [2.24, 2.45) is 17.8 Å². The molecule has 0 amide bonds. The highest BCUT2D eigenvalue weighted by Gasteiger charge is 2.41. The Morgan fingerprint density at radius 1 is 1.08 bits per heavy atom. The first-order chi connectivity index (χ1) is 5.52. The van der Waals surface area contributed by atoms with Crippen LogP contribution in [0.15, 0.2) is 0 Å². The fourth-order valence-corrected chi connectivity index (χ4v) is 1.84.